The first-order valence-electron chi connectivity index (χ1n) is 5.55. The molecular formula is C12H16N2O. The lowest BCUT2D eigenvalue weighted by molar-refractivity contribution is 0.0644. The van der Waals surface area contributed by atoms with Gasteiger partial charge < -0.3 is 15.7 Å². The van der Waals surface area contributed by atoms with Crippen LogP contribution in [0.1, 0.15) is 12.0 Å². The zero-order valence-corrected chi connectivity index (χ0v) is 8.66. The molecule has 3 rings (SSSR count). The van der Waals surface area contributed by atoms with E-state index in [0.717, 1.165) is 19.5 Å². The van der Waals surface area contributed by atoms with Gasteiger partial charge in [-0.1, -0.05) is 18.2 Å². The van der Waals surface area contributed by atoms with Gasteiger partial charge in [-0.2, -0.15) is 0 Å². The molecule has 15 heavy (non-hydrogen) atoms. The number of anilines is 1. The summed E-state index contributed by atoms with van der Waals surface area (Å²) in [6, 6.07) is 8.34. The maximum absolute atomic E-state index is 10.2. The van der Waals surface area contributed by atoms with Crippen LogP contribution < -0.4 is 10.6 Å². The Bertz CT molecular complexity index is 376. The van der Waals surface area contributed by atoms with E-state index in [4.69, 9.17) is 0 Å². The first-order valence-corrected chi connectivity index (χ1v) is 5.55. The SMILES string of the molecule is OC1CNCCC12CNc1ccccc12. The molecule has 0 amide bonds. The molecule has 1 spiro atoms. The summed E-state index contributed by atoms with van der Waals surface area (Å²) in [5.41, 5.74) is 2.43. The fraction of sp³-hybridized carbons (Fsp3) is 0.500. The molecule has 0 aromatic heterocycles. The lowest BCUT2D eigenvalue weighted by Gasteiger charge is -2.38. The molecule has 2 heterocycles. The fourth-order valence-corrected chi connectivity index (χ4v) is 2.85. The highest BCUT2D eigenvalue weighted by Crippen LogP contribution is 2.42. The molecule has 1 saturated heterocycles. The maximum atomic E-state index is 10.2. The molecule has 80 valence electrons. The van der Waals surface area contributed by atoms with Gasteiger partial charge in [-0.05, 0) is 24.6 Å². The monoisotopic (exact) mass is 204 g/mol. The second-order valence-corrected chi connectivity index (χ2v) is 4.53. The average Bonchev–Trinajstić information content (AvgIpc) is 2.64. The van der Waals surface area contributed by atoms with Gasteiger partial charge >= 0.3 is 0 Å². The van der Waals surface area contributed by atoms with Crippen LogP contribution in [0.3, 0.4) is 0 Å². The van der Waals surface area contributed by atoms with Crippen molar-refractivity contribution >= 4 is 5.69 Å². The summed E-state index contributed by atoms with van der Waals surface area (Å²) in [5, 5.41) is 16.8. The predicted molar refractivity (Wildman–Crippen MR) is 60.1 cm³/mol. The summed E-state index contributed by atoms with van der Waals surface area (Å²) in [7, 11) is 0. The van der Waals surface area contributed by atoms with E-state index in [2.05, 4.69) is 28.8 Å². The molecule has 2 atom stereocenters. The van der Waals surface area contributed by atoms with Gasteiger partial charge in [0.25, 0.3) is 0 Å². The van der Waals surface area contributed by atoms with Crippen molar-refractivity contribution in [3.63, 3.8) is 0 Å². The molecule has 2 aliphatic heterocycles. The van der Waals surface area contributed by atoms with Crippen LogP contribution in [0.2, 0.25) is 0 Å². The van der Waals surface area contributed by atoms with Gasteiger partial charge in [0.15, 0.2) is 0 Å². The Morgan fingerprint density at radius 1 is 1.33 bits per heavy atom. The van der Waals surface area contributed by atoms with E-state index in [1.165, 1.54) is 11.3 Å². The predicted octanol–water partition coefficient (Wildman–Crippen LogP) is 0.704. The summed E-state index contributed by atoms with van der Waals surface area (Å²) in [4.78, 5) is 0. The van der Waals surface area contributed by atoms with Crippen molar-refractivity contribution < 1.29 is 5.11 Å². The molecule has 0 bridgehead atoms. The molecule has 1 aromatic rings. The summed E-state index contributed by atoms with van der Waals surface area (Å²) in [6.45, 7) is 2.57. The fourth-order valence-electron chi connectivity index (χ4n) is 2.85. The number of nitrogens with one attached hydrogen (secondary N) is 2. The molecule has 3 nitrogen and oxygen atoms in total. The molecule has 3 heteroatoms. The molecule has 1 fully saturated rings. The number of fused-ring (bicyclic) bond motifs is 2. The van der Waals surface area contributed by atoms with Gasteiger partial charge in [0.05, 0.1) is 6.10 Å². The Hall–Kier alpha value is -1.06. The van der Waals surface area contributed by atoms with Crippen molar-refractivity contribution in [3.8, 4) is 0 Å². The topological polar surface area (TPSA) is 44.3 Å². The molecule has 2 aliphatic rings. The minimum absolute atomic E-state index is 0.0537. The molecule has 0 saturated carbocycles. The second-order valence-electron chi connectivity index (χ2n) is 4.53. The van der Waals surface area contributed by atoms with E-state index in [9.17, 15) is 5.11 Å². The van der Waals surface area contributed by atoms with Gasteiger partial charge in [-0.3, -0.25) is 0 Å². The highest BCUT2D eigenvalue weighted by Gasteiger charge is 2.45. The Labute approximate surface area is 89.5 Å². The molecule has 2 unspecified atom stereocenters. The van der Waals surface area contributed by atoms with Crippen molar-refractivity contribution in [3.05, 3.63) is 29.8 Å². The van der Waals surface area contributed by atoms with Crippen LogP contribution in [0, 0.1) is 0 Å². The van der Waals surface area contributed by atoms with E-state index in [0.29, 0.717) is 6.54 Å². The van der Waals surface area contributed by atoms with E-state index in [1.54, 1.807) is 0 Å². The number of hydrogen-bond acceptors (Lipinski definition) is 3. The lowest BCUT2D eigenvalue weighted by atomic mass is 9.73. The smallest absolute Gasteiger partial charge is 0.0779 e. The second kappa shape index (κ2) is 3.22. The van der Waals surface area contributed by atoms with E-state index in [1.807, 2.05) is 6.07 Å². The van der Waals surface area contributed by atoms with Crippen LogP contribution in [0.5, 0.6) is 0 Å². The van der Waals surface area contributed by atoms with Gasteiger partial charge in [0.1, 0.15) is 0 Å². The number of rotatable bonds is 0. The highest BCUT2D eigenvalue weighted by atomic mass is 16.3. The zero-order valence-electron chi connectivity index (χ0n) is 8.66. The van der Waals surface area contributed by atoms with Crippen LogP contribution >= 0.6 is 0 Å². The molecule has 0 radical (unpaired) electrons. The van der Waals surface area contributed by atoms with Crippen LogP contribution in [-0.4, -0.2) is 30.8 Å². The van der Waals surface area contributed by atoms with Crippen molar-refractivity contribution in [1.82, 2.24) is 5.32 Å². The third kappa shape index (κ3) is 1.20. The summed E-state index contributed by atoms with van der Waals surface area (Å²) < 4.78 is 0. The number of β-amino-alcohol motifs (C(OH)–C–C–N with tert-alkyl or cyclic N) is 1. The Balaban J connectivity index is 2.07. The van der Waals surface area contributed by atoms with Crippen molar-refractivity contribution in [2.75, 3.05) is 25.0 Å². The summed E-state index contributed by atoms with van der Waals surface area (Å²) >= 11 is 0. The van der Waals surface area contributed by atoms with E-state index in [-0.39, 0.29) is 11.5 Å². The minimum atomic E-state index is -0.276. The number of aliphatic hydroxyl groups excluding tert-OH is 1. The van der Waals surface area contributed by atoms with E-state index < -0.39 is 0 Å². The lowest BCUT2D eigenvalue weighted by Crippen LogP contribution is -2.53. The van der Waals surface area contributed by atoms with Gasteiger partial charge in [-0.15, -0.1) is 0 Å². The Kier molecular flexibility index (Phi) is 1.97. The maximum Gasteiger partial charge on any atom is 0.0779 e. The normalized spacial score (nSPS) is 33.8. The van der Waals surface area contributed by atoms with Crippen LogP contribution in [-0.2, 0) is 5.41 Å². The summed E-state index contributed by atoms with van der Waals surface area (Å²) in [5.74, 6) is 0. The number of hydrogen-bond donors (Lipinski definition) is 3. The van der Waals surface area contributed by atoms with Gasteiger partial charge in [-0.25, -0.2) is 0 Å². The third-order valence-corrected chi connectivity index (χ3v) is 3.78. The molecule has 1 aromatic carbocycles. The van der Waals surface area contributed by atoms with Crippen molar-refractivity contribution in [1.29, 1.82) is 0 Å². The zero-order chi connectivity index (χ0) is 10.3. The average molecular weight is 204 g/mol. The largest absolute Gasteiger partial charge is 0.391 e. The molecule has 3 N–H and O–H groups in total. The van der Waals surface area contributed by atoms with Gasteiger partial charge in [0, 0.05) is 24.2 Å². The quantitative estimate of drug-likeness (QED) is 0.583. The van der Waals surface area contributed by atoms with Crippen LogP contribution in [0.25, 0.3) is 0 Å². The number of benzene rings is 1. The number of aliphatic hydroxyl groups is 1. The highest BCUT2D eigenvalue weighted by molar-refractivity contribution is 5.61. The Morgan fingerprint density at radius 2 is 2.20 bits per heavy atom. The third-order valence-electron chi connectivity index (χ3n) is 3.78. The first kappa shape index (κ1) is 9.19. The Morgan fingerprint density at radius 3 is 3.07 bits per heavy atom. The molecule has 0 aliphatic carbocycles. The first-order chi connectivity index (χ1) is 7.33. The molecular weight excluding hydrogens is 188 g/mol. The van der Waals surface area contributed by atoms with Crippen LogP contribution in [0.4, 0.5) is 5.69 Å². The number of para-hydroxylation sites is 1. The van der Waals surface area contributed by atoms with E-state index >= 15 is 0 Å². The standard InChI is InChI=1S/C12H16N2O/c15-11-7-13-6-5-12(11)8-14-10-4-2-1-3-9(10)12/h1-4,11,13-15H,5-8H2. The minimum Gasteiger partial charge on any atom is -0.391 e. The van der Waals surface area contributed by atoms with Gasteiger partial charge in [0.2, 0.25) is 0 Å². The number of piperidine rings is 1. The summed E-state index contributed by atoms with van der Waals surface area (Å²) in [6.07, 6.45) is 0.737. The van der Waals surface area contributed by atoms with Crippen molar-refractivity contribution in [2.45, 2.75) is 17.9 Å². The van der Waals surface area contributed by atoms with Crippen LogP contribution in [0.15, 0.2) is 24.3 Å². The van der Waals surface area contributed by atoms with Crippen molar-refractivity contribution in [2.24, 2.45) is 0 Å².